The molecule has 0 radical (unpaired) electrons. The number of halogens is 2. The van der Waals surface area contributed by atoms with Gasteiger partial charge in [-0.2, -0.15) is 0 Å². The molecule has 5 nitrogen and oxygen atoms in total. The van der Waals surface area contributed by atoms with Crippen LogP contribution < -0.4 is 10.2 Å². The molecule has 2 aromatic carbocycles. The lowest BCUT2D eigenvalue weighted by Gasteiger charge is -2.17. The van der Waals surface area contributed by atoms with E-state index in [1.54, 1.807) is 11.8 Å². The summed E-state index contributed by atoms with van der Waals surface area (Å²) in [4.78, 5) is 23.1. The van der Waals surface area contributed by atoms with Crippen LogP contribution in [0.2, 0.25) is 0 Å². The van der Waals surface area contributed by atoms with E-state index in [1.165, 1.54) is 12.1 Å². The number of hydrogen-bond donors (Lipinski definition) is 1. The number of nitrogens with one attached hydrogen (secondary N) is 1. The number of carbonyl (C=O) groups excluding carboxylic acids is 1. The van der Waals surface area contributed by atoms with E-state index in [0.717, 1.165) is 29.8 Å². The van der Waals surface area contributed by atoms with E-state index in [-0.39, 0.29) is 11.6 Å². The zero-order chi connectivity index (χ0) is 19.0. The van der Waals surface area contributed by atoms with Gasteiger partial charge in [0.2, 0.25) is 0 Å². The fourth-order valence-corrected chi connectivity index (χ4v) is 3.15. The SMILES string of the molecule is Cc1nc(Nc2ccc(F)c(F)c2)cc(C(=O)N2CCc3ccccc32)n1. The molecule has 1 aromatic heterocycles. The van der Waals surface area contributed by atoms with Crippen molar-refractivity contribution in [1.29, 1.82) is 0 Å². The van der Waals surface area contributed by atoms with Gasteiger partial charge in [0.05, 0.1) is 0 Å². The summed E-state index contributed by atoms with van der Waals surface area (Å²) in [6.07, 6.45) is 0.798. The molecule has 0 aliphatic carbocycles. The molecule has 0 atom stereocenters. The van der Waals surface area contributed by atoms with Gasteiger partial charge in [-0.05, 0) is 37.1 Å². The Morgan fingerprint density at radius 2 is 1.89 bits per heavy atom. The van der Waals surface area contributed by atoms with Crippen LogP contribution >= 0.6 is 0 Å². The number of nitrogens with zero attached hydrogens (tertiary/aromatic N) is 3. The molecular formula is C20H16F2N4O. The molecule has 1 amide bonds. The molecule has 1 aliphatic heterocycles. The van der Waals surface area contributed by atoms with Crippen LogP contribution in [0.15, 0.2) is 48.5 Å². The number of fused-ring (bicyclic) bond motifs is 1. The van der Waals surface area contributed by atoms with Crippen molar-refractivity contribution in [2.75, 3.05) is 16.8 Å². The molecular weight excluding hydrogens is 350 g/mol. The number of aromatic nitrogens is 2. The number of carbonyl (C=O) groups is 1. The standard InChI is InChI=1S/C20H16F2N4O/c1-12-23-17(20(27)26-9-8-13-4-2-3-5-18(13)26)11-19(24-12)25-14-6-7-15(21)16(22)10-14/h2-7,10-11H,8-9H2,1H3,(H,23,24,25). The molecule has 0 spiro atoms. The Bertz CT molecular complexity index is 1040. The summed E-state index contributed by atoms with van der Waals surface area (Å²) in [5.74, 6) is -1.37. The Morgan fingerprint density at radius 1 is 1.07 bits per heavy atom. The summed E-state index contributed by atoms with van der Waals surface area (Å²) in [7, 11) is 0. The first-order chi connectivity index (χ1) is 13.0. The number of amides is 1. The molecule has 0 saturated carbocycles. The largest absolute Gasteiger partial charge is 0.340 e. The summed E-state index contributed by atoms with van der Waals surface area (Å²) in [5, 5.41) is 2.89. The van der Waals surface area contributed by atoms with E-state index in [4.69, 9.17) is 0 Å². The zero-order valence-corrected chi connectivity index (χ0v) is 14.5. The molecule has 136 valence electrons. The number of benzene rings is 2. The highest BCUT2D eigenvalue weighted by molar-refractivity contribution is 6.06. The smallest absolute Gasteiger partial charge is 0.277 e. The quantitative estimate of drug-likeness (QED) is 0.761. The van der Waals surface area contributed by atoms with Gasteiger partial charge in [0, 0.05) is 30.1 Å². The van der Waals surface area contributed by atoms with Crippen LogP contribution in [0.5, 0.6) is 0 Å². The average molecular weight is 366 g/mol. The fourth-order valence-electron chi connectivity index (χ4n) is 3.15. The number of hydrogen-bond acceptors (Lipinski definition) is 4. The van der Waals surface area contributed by atoms with Crippen molar-refractivity contribution < 1.29 is 13.6 Å². The van der Waals surface area contributed by atoms with Gasteiger partial charge in [0.1, 0.15) is 17.3 Å². The molecule has 0 saturated heterocycles. The first-order valence-electron chi connectivity index (χ1n) is 8.49. The predicted octanol–water partition coefficient (Wildman–Crippen LogP) is 4.01. The maximum absolute atomic E-state index is 13.4. The third-order valence-corrected chi connectivity index (χ3v) is 4.38. The summed E-state index contributed by atoms with van der Waals surface area (Å²) in [5.41, 5.74) is 2.58. The van der Waals surface area contributed by atoms with Gasteiger partial charge in [0.15, 0.2) is 11.6 Å². The molecule has 0 unspecified atom stereocenters. The van der Waals surface area contributed by atoms with E-state index < -0.39 is 11.6 Å². The fraction of sp³-hybridized carbons (Fsp3) is 0.150. The lowest BCUT2D eigenvalue weighted by Crippen LogP contribution is -2.30. The molecule has 0 fully saturated rings. The maximum atomic E-state index is 13.4. The second-order valence-corrected chi connectivity index (χ2v) is 6.28. The van der Waals surface area contributed by atoms with E-state index in [1.807, 2.05) is 24.3 Å². The zero-order valence-electron chi connectivity index (χ0n) is 14.5. The Balaban J connectivity index is 1.62. The van der Waals surface area contributed by atoms with Gasteiger partial charge >= 0.3 is 0 Å². The summed E-state index contributed by atoms with van der Waals surface area (Å²) < 4.78 is 26.5. The van der Waals surface area contributed by atoms with Crippen molar-refractivity contribution in [1.82, 2.24) is 9.97 Å². The number of aryl methyl sites for hydroxylation is 1. The highest BCUT2D eigenvalue weighted by Crippen LogP contribution is 2.29. The first kappa shape index (κ1) is 17.1. The van der Waals surface area contributed by atoms with Gasteiger partial charge in [-0.15, -0.1) is 0 Å². The summed E-state index contributed by atoms with van der Waals surface area (Å²) in [6, 6.07) is 12.7. The minimum atomic E-state index is -0.962. The van der Waals surface area contributed by atoms with Crippen molar-refractivity contribution in [2.24, 2.45) is 0 Å². The van der Waals surface area contributed by atoms with Crippen LogP contribution in [0.4, 0.5) is 26.0 Å². The monoisotopic (exact) mass is 366 g/mol. The van der Waals surface area contributed by atoms with Gasteiger partial charge in [-0.1, -0.05) is 18.2 Å². The van der Waals surface area contributed by atoms with Gasteiger partial charge in [-0.3, -0.25) is 4.79 Å². The Labute approximate surface area is 154 Å². The maximum Gasteiger partial charge on any atom is 0.277 e. The molecule has 27 heavy (non-hydrogen) atoms. The first-order valence-corrected chi connectivity index (χ1v) is 8.49. The van der Waals surface area contributed by atoms with E-state index in [9.17, 15) is 13.6 Å². The van der Waals surface area contributed by atoms with Crippen molar-refractivity contribution in [3.63, 3.8) is 0 Å². The lowest BCUT2D eigenvalue weighted by atomic mass is 10.2. The second-order valence-electron chi connectivity index (χ2n) is 6.28. The Kier molecular flexibility index (Phi) is 4.27. The molecule has 2 heterocycles. The van der Waals surface area contributed by atoms with Crippen LogP contribution in [0.1, 0.15) is 21.9 Å². The van der Waals surface area contributed by atoms with Crippen molar-refractivity contribution in [2.45, 2.75) is 13.3 Å². The number of rotatable bonds is 3. The highest BCUT2D eigenvalue weighted by atomic mass is 19.2. The van der Waals surface area contributed by atoms with E-state index in [0.29, 0.717) is 23.9 Å². The topological polar surface area (TPSA) is 58.1 Å². The van der Waals surface area contributed by atoms with E-state index >= 15 is 0 Å². The Hall–Kier alpha value is -3.35. The third-order valence-electron chi connectivity index (χ3n) is 4.38. The molecule has 4 rings (SSSR count). The van der Waals surface area contributed by atoms with Crippen LogP contribution in [0.3, 0.4) is 0 Å². The van der Waals surface area contributed by atoms with Crippen LogP contribution in [0.25, 0.3) is 0 Å². The molecule has 7 heteroatoms. The lowest BCUT2D eigenvalue weighted by molar-refractivity contribution is 0.0984. The highest BCUT2D eigenvalue weighted by Gasteiger charge is 2.26. The number of para-hydroxylation sites is 1. The van der Waals surface area contributed by atoms with Crippen molar-refractivity contribution in [3.05, 3.63) is 77.2 Å². The molecule has 1 N–H and O–H groups in total. The minimum absolute atomic E-state index is 0.223. The summed E-state index contributed by atoms with van der Waals surface area (Å²) >= 11 is 0. The van der Waals surface area contributed by atoms with Gasteiger partial charge in [-0.25, -0.2) is 18.7 Å². The molecule has 0 bridgehead atoms. The molecule has 3 aromatic rings. The van der Waals surface area contributed by atoms with E-state index in [2.05, 4.69) is 15.3 Å². The van der Waals surface area contributed by atoms with Gasteiger partial charge < -0.3 is 10.2 Å². The van der Waals surface area contributed by atoms with Crippen LogP contribution in [-0.4, -0.2) is 22.4 Å². The van der Waals surface area contributed by atoms with Gasteiger partial charge in [0.25, 0.3) is 5.91 Å². The van der Waals surface area contributed by atoms with Crippen molar-refractivity contribution in [3.8, 4) is 0 Å². The second kappa shape index (κ2) is 6.75. The number of anilines is 3. The molecule has 1 aliphatic rings. The van der Waals surface area contributed by atoms with Crippen LogP contribution in [-0.2, 0) is 6.42 Å². The predicted molar refractivity (Wildman–Crippen MR) is 98.2 cm³/mol. The van der Waals surface area contributed by atoms with Crippen LogP contribution in [0, 0.1) is 18.6 Å². The van der Waals surface area contributed by atoms with Crippen molar-refractivity contribution >= 4 is 23.1 Å². The summed E-state index contributed by atoms with van der Waals surface area (Å²) in [6.45, 7) is 2.26. The average Bonchev–Trinajstić information content (AvgIpc) is 3.08. The Morgan fingerprint density at radius 3 is 2.70 bits per heavy atom. The normalized spacial score (nSPS) is 12.8. The third kappa shape index (κ3) is 3.36. The minimum Gasteiger partial charge on any atom is -0.340 e.